The second-order valence-electron chi connectivity index (χ2n) is 23.3. The molecular formula is C69H126O16P2. The Morgan fingerprint density at radius 3 is 0.954 bits per heavy atom. The Labute approximate surface area is 529 Å². The molecule has 5 unspecified atom stereocenters. The number of phosphoric acid groups is 2. The van der Waals surface area contributed by atoms with Crippen molar-refractivity contribution < 1.29 is 75.8 Å². The number of allylic oxidation sites excluding steroid dienone is 10. The Bertz CT molecular complexity index is 1840. The molecule has 16 nitrogen and oxygen atoms in total. The summed E-state index contributed by atoms with van der Waals surface area (Å²) in [4.78, 5) is 58.3. The van der Waals surface area contributed by atoms with E-state index in [0.29, 0.717) is 19.3 Å². The topological polar surface area (TPSA) is 231 Å². The van der Waals surface area contributed by atoms with Gasteiger partial charge in [0.2, 0.25) is 0 Å². The van der Waals surface area contributed by atoms with E-state index >= 15 is 0 Å². The normalized spacial score (nSPS) is 14.6. The third-order valence-corrected chi connectivity index (χ3v) is 16.6. The van der Waals surface area contributed by atoms with E-state index in [9.17, 15) is 43.5 Å². The highest BCUT2D eigenvalue weighted by molar-refractivity contribution is 7.47. The third kappa shape index (κ3) is 64.6. The first-order valence-corrected chi connectivity index (χ1v) is 37.6. The van der Waals surface area contributed by atoms with E-state index < -0.39 is 91.5 Å². The number of aliphatic hydroxyl groups is 2. The molecule has 18 heteroatoms. The minimum Gasteiger partial charge on any atom is -0.463 e. The summed E-state index contributed by atoms with van der Waals surface area (Å²) in [7, 11) is -9.76. The van der Waals surface area contributed by atoms with Crippen molar-refractivity contribution in [2.45, 2.75) is 322 Å². The second kappa shape index (κ2) is 63.4. The molecule has 0 radical (unpaired) electrons. The average Bonchev–Trinajstić information content (AvgIpc) is 3.69. The molecule has 0 amide bonds. The third-order valence-electron chi connectivity index (χ3n) is 14.7. The SMILES string of the molecule is CCCCC/C=C\C/C=C\C/C=C\C/C=C\CCCCCCCCCCCC(=O)OCC(O)COP(=O)(O)OCC(O)COP(=O)(O)OCC(COC(=O)CCCCCCC/C=C\CCCCCC)OC(=O)CCCCCCCCCCCCCCC. The number of ether oxygens (including phenoxy) is 3. The maximum Gasteiger partial charge on any atom is 0.472 e. The van der Waals surface area contributed by atoms with E-state index in [2.05, 4.69) is 81.5 Å². The summed E-state index contributed by atoms with van der Waals surface area (Å²) in [5, 5.41) is 20.5. The van der Waals surface area contributed by atoms with Crippen LogP contribution in [0.2, 0.25) is 0 Å². The molecule has 5 atom stereocenters. The zero-order chi connectivity index (χ0) is 63.8. The number of hydrogen-bond donors (Lipinski definition) is 4. The van der Waals surface area contributed by atoms with Crippen LogP contribution in [0.3, 0.4) is 0 Å². The monoisotopic (exact) mass is 1270 g/mol. The highest BCUT2D eigenvalue weighted by Gasteiger charge is 2.29. The molecule has 0 aliphatic rings. The fourth-order valence-corrected chi connectivity index (χ4v) is 11.0. The molecule has 0 heterocycles. The Balaban J connectivity index is 4.49. The van der Waals surface area contributed by atoms with Crippen LogP contribution in [0.15, 0.2) is 60.8 Å². The maximum atomic E-state index is 12.9. The zero-order valence-electron chi connectivity index (χ0n) is 54.9. The molecule has 0 spiro atoms. The molecule has 0 aromatic carbocycles. The van der Waals surface area contributed by atoms with Gasteiger partial charge in [0, 0.05) is 19.3 Å². The maximum absolute atomic E-state index is 12.9. The average molecular weight is 1270 g/mol. The van der Waals surface area contributed by atoms with Gasteiger partial charge in [-0.25, -0.2) is 9.13 Å². The van der Waals surface area contributed by atoms with E-state index in [0.717, 1.165) is 116 Å². The minimum absolute atomic E-state index is 0.109. The lowest BCUT2D eigenvalue weighted by atomic mass is 10.0. The van der Waals surface area contributed by atoms with Crippen LogP contribution in [-0.2, 0) is 55.8 Å². The highest BCUT2D eigenvalue weighted by atomic mass is 31.2. The summed E-state index contributed by atoms with van der Waals surface area (Å²) in [6.07, 6.45) is 64.2. The van der Waals surface area contributed by atoms with Crippen LogP contribution in [0, 0.1) is 0 Å². The Hall–Kier alpha value is -2.75. The summed E-state index contributed by atoms with van der Waals surface area (Å²) in [6, 6.07) is 0. The summed E-state index contributed by atoms with van der Waals surface area (Å²) in [6.45, 7) is 2.64. The number of unbranched alkanes of at least 4 members (excludes halogenated alkanes) is 33. The molecular weight excluding hydrogens is 1150 g/mol. The van der Waals surface area contributed by atoms with Crippen molar-refractivity contribution in [3.8, 4) is 0 Å². The van der Waals surface area contributed by atoms with Gasteiger partial charge < -0.3 is 34.2 Å². The fraction of sp³-hybridized carbons (Fsp3) is 0.812. The number of aliphatic hydroxyl groups excluding tert-OH is 2. The largest absolute Gasteiger partial charge is 0.472 e. The van der Waals surface area contributed by atoms with Gasteiger partial charge in [0.15, 0.2) is 6.10 Å². The minimum atomic E-state index is -4.91. The predicted octanol–water partition coefficient (Wildman–Crippen LogP) is 19.0. The zero-order valence-corrected chi connectivity index (χ0v) is 56.7. The van der Waals surface area contributed by atoms with Gasteiger partial charge in [-0.2, -0.15) is 0 Å². The van der Waals surface area contributed by atoms with E-state index in [1.165, 1.54) is 128 Å². The van der Waals surface area contributed by atoms with Crippen LogP contribution in [-0.4, -0.2) is 95.9 Å². The van der Waals surface area contributed by atoms with Crippen molar-refractivity contribution in [3.63, 3.8) is 0 Å². The molecule has 508 valence electrons. The Morgan fingerprint density at radius 2 is 0.575 bits per heavy atom. The van der Waals surface area contributed by atoms with Gasteiger partial charge in [0.25, 0.3) is 0 Å². The molecule has 0 bridgehead atoms. The van der Waals surface area contributed by atoms with E-state index in [-0.39, 0.29) is 19.3 Å². The van der Waals surface area contributed by atoms with Gasteiger partial charge in [-0.15, -0.1) is 0 Å². The van der Waals surface area contributed by atoms with Crippen LogP contribution in [0.5, 0.6) is 0 Å². The fourth-order valence-electron chi connectivity index (χ4n) is 9.37. The second-order valence-corrected chi connectivity index (χ2v) is 26.2. The Morgan fingerprint density at radius 1 is 0.322 bits per heavy atom. The number of phosphoric ester groups is 2. The first-order valence-electron chi connectivity index (χ1n) is 34.6. The van der Waals surface area contributed by atoms with E-state index in [4.69, 9.17) is 32.3 Å². The number of carbonyl (C=O) groups is 3. The van der Waals surface area contributed by atoms with Crippen molar-refractivity contribution in [1.29, 1.82) is 0 Å². The molecule has 0 aromatic heterocycles. The lowest BCUT2D eigenvalue weighted by molar-refractivity contribution is -0.161. The van der Waals surface area contributed by atoms with Crippen LogP contribution >= 0.6 is 15.6 Å². The molecule has 0 rings (SSSR count). The van der Waals surface area contributed by atoms with Gasteiger partial charge in [-0.3, -0.25) is 32.5 Å². The van der Waals surface area contributed by atoms with E-state index in [1.807, 2.05) is 0 Å². The smallest absolute Gasteiger partial charge is 0.463 e. The van der Waals surface area contributed by atoms with Gasteiger partial charge in [-0.1, -0.05) is 255 Å². The molecule has 0 aliphatic carbocycles. The molecule has 4 N–H and O–H groups in total. The summed E-state index contributed by atoms with van der Waals surface area (Å²) < 4.78 is 60.8. The van der Waals surface area contributed by atoms with Gasteiger partial charge >= 0.3 is 33.6 Å². The van der Waals surface area contributed by atoms with Gasteiger partial charge in [0.1, 0.15) is 25.4 Å². The predicted molar refractivity (Wildman–Crippen MR) is 353 cm³/mol. The molecule has 87 heavy (non-hydrogen) atoms. The molecule has 0 aliphatic heterocycles. The highest BCUT2D eigenvalue weighted by Crippen LogP contribution is 2.45. The van der Waals surface area contributed by atoms with Crippen molar-refractivity contribution in [2.75, 3.05) is 39.6 Å². The number of carbonyl (C=O) groups excluding carboxylic acids is 3. The first-order chi connectivity index (χ1) is 42.2. The van der Waals surface area contributed by atoms with Crippen molar-refractivity contribution in [3.05, 3.63) is 60.8 Å². The van der Waals surface area contributed by atoms with Crippen molar-refractivity contribution in [2.24, 2.45) is 0 Å². The number of esters is 3. The lowest BCUT2D eigenvalue weighted by Crippen LogP contribution is -2.30. The quantitative estimate of drug-likeness (QED) is 0.0146. The summed E-state index contributed by atoms with van der Waals surface area (Å²) in [5.41, 5.74) is 0. The van der Waals surface area contributed by atoms with E-state index in [1.54, 1.807) is 0 Å². The van der Waals surface area contributed by atoms with Crippen molar-refractivity contribution >= 4 is 33.6 Å². The van der Waals surface area contributed by atoms with Crippen LogP contribution in [0.4, 0.5) is 0 Å². The van der Waals surface area contributed by atoms with Gasteiger partial charge in [0.05, 0.1) is 26.4 Å². The summed E-state index contributed by atoms with van der Waals surface area (Å²) in [5.74, 6) is -1.58. The molecule has 0 aromatic rings. The van der Waals surface area contributed by atoms with Gasteiger partial charge in [-0.05, 0) is 89.9 Å². The molecule has 0 saturated heterocycles. The van der Waals surface area contributed by atoms with Crippen LogP contribution in [0.25, 0.3) is 0 Å². The van der Waals surface area contributed by atoms with Crippen molar-refractivity contribution in [1.82, 2.24) is 0 Å². The first kappa shape index (κ1) is 84.2. The molecule has 0 fully saturated rings. The standard InChI is InChI=1S/C69H126O16P2/c1-4-7-10-13-16-19-22-25-26-27-28-29-30-31-32-33-34-35-36-39-41-43-46-49-52-55-67(72)79-58-64(70)59-81-86(75,76)82-60-65(71)61-83-87(77,78)84-63-66(85-69(74)57-54-51-48-45-42-38-24-21-18-15-12-9-6-3)62-80-68(73)56-53-50-47-44-40-37-23-20-17-14-11-8-5-2/h16,19-20,23,25-26,28-29,31-32,64-66,70-71H,4-15,17-18,21-22,24,27,30,33-63H2,1-3H3,(H,75,76)(H,77,78)/b19-16-,23-20-,26-25-,29-28-,32-31-. The number of rotatable bonds is 66. The van der Waals surface area contributed by atoms with Crippen LogP contribution < -0.4 is 0 Å². The summed E-state index contributed by atoms with van der Waals surface area (Å²) >= 11 is 0. The van der Waals surface area contributed by atoms with Crippen LogP contribution in [0.1, 0.15) is 303 Å². The Kier molecular flexibility index (Phi) is 61.4. The number of hydrogen-bond acceptors (Lipinski definition) is 14. The molecule has 0 saturated carbocycles. The lowest BCUT2D eigenvalue weighted by Gasteiger charge is -2.21.